The fraction of sp³-hybridized carbons (Fsp3) is 0.100. The first-order valence-corrected chi connectivity index (χ1v) is 9.09. The van der Waals surface area contributed by atoms with Crippen molar-refractivity contribution in [1.82, 2.24) is 20.5 Å². The Morgan fingerprint density at radius 1 is 0.962 bits per heavy atom. The van der Waals surface area contributed by atoms with Crippen LogP contribution in [0.15, 0.2) is 81.8 Å². The first-order valence-electron chi connectivity index (χ1n) is 8.29. The molecule has 2 aromatic heterocycles. The third-order valence-electron chi connectivity index (χ3n) is 4.06. The van der Waals surface area contributed by atoms with E-state index in [0.29, 0.717) is 18.3 Å². The minimum Gasteiger partial charge on any atom is -0.419 e. The van der Waals surface area contributed by atoms with Crippen LogP contribution in [0.5, 0.6) is 0 Å². The standard InChI is InChI=1S/C20H17BrN4O/c21-16-10-8-15(9-11-16)19-24-25-20(26-19)18(17-7-4-12-22-17)23-13-14-5-2-1-3-6-14/h1-12,18,22-23H,13H2. The lowest BCUT2D eigenvalue weighted by Crippen LogP contribution is -2.22. The van der Waals surface area contributed by atoms with Gasteiger partial charge in [-0.2, -0.15) is 0 Å². The van der Waals surface area contributed by atoms with E-state index >= 15 is 0 Å². The zero-order valence-corrected chi connectivity index (χ0v) is 15.5. The molecule has 6 heteroatoms. The van der Waals surface area contributed by atoms with Crippen LogP contribution >= 0.6 is 15.9 Å². The van der Waals surface area contributed by atoms with E-state index in [-0.39, 0.29) is 6.04 Å². The lowest BCUT2D eigenvalue weighted by Gasteiger charge is -2.14. The van der Waals surface area contributed by atoms with E-state index < -0.39 is 0 Å². The van der Waals surface area contributed by atoms with Gasteiger partial charge in [-0.3, -0.25) is 5.32 Å². The predicted octanol–water partition coefficient (Wildman–Crippen LogP) is 4.71. The molecule has 0 bridgehead atoms. The van der Waals surface area contributed by atoms with E-state index in [9.17, 15) is 0 Å². The number of nitrogens with zero attached hydrogens (tertiary/aromatic N) is 2. The van der Waals surface area contributed by atoms with Crippen LogP contribution in [0.25, 0.3) is 11.5 Å². The molecule has 5 nitrogen and oxygen atoms in total. The van der Waals surface area contributed by atoms with Gasteiger partial charge < -0.3 is 9.40 Å². The Hall–Kier alpha value is -2.70. The summed E-state index contributed by atoms with van der Waals surface area (Å²) in [7, 11) is 0. The van der Waals surface area contributed by atoms with Crippen LogP contribution in [-0.2, 0) is 6.54 Å². The molecule has 0 aliphatic heterocycles. The average molecular weight is 409 g/mol. The van der Waals surface area contributed by atoms with Crippen molar-refractivity contribution in [2.24, 2.45) is 0 Å². The fourth-order valence-electron chi connectivity index (χ4n) is 2.73. The molecule has 4 rings (SSSR count). The molecule has 0 aliphatic rings. The summed E-state index contributed by atoms with van der Waals surface area (Å²) < 4.78 is 6.97. The summed E-state index contributed by atoms with van der Waals surface area (Å²) in [5, 5.41) is 12.0. The van der Waals surface area contributed by atoms with E-state index in [0.717, 1.165) is 15.7 Å². The van der Waals surface area contributed by atoms with E-state index in [4.69, 9.17) is 4.42 Å². The first-order chi connectivity index (χ1) is 12.8. The van der Waals surface area contributed by atoms with Gasteiger partial charge in [-0.1, -0.05) is 46.3 Å². The molecule has 0 radical (unpaired) electrons. The highest BCUT2D eigenvalue weighted by molar-refractivity contribution is 9.10. The van der Waals surface area contributed by atoms with Crippen LogP contribution in [-0.4, -0.2) is 15.2 Å². The average Bonchev–Trinajstić information content (AvgIpc) is 3.36. The summed E-state index contributed by atoms with van der Waals surface area (Å²) in [6.45, 7) is 0.695. The molecule has 0 saturated carbocycles. The number of hydrogen-bond acceptors (Lipinski definition) is 4. The molecule has 0 saturated heterocycles. The molecule has 130 valence electrons. The molecule has 2 heterocycles. The zero-order valence-electron chi connectivity index (χ0n) is 13.9. The Balaban J connectivity index is 1.59. The van der Waals surface area contributed by atoms with Crippen molar-refractivity contribution in [2.45, 2.75) is 12.6 Å². The Morgan fingerprint density at radius 2 is 1.77 bits per heavy atom. The second-order valence-electron chi connectivity index (χ2n) is 5.88. The maximum absolute atomic E-state index is 5.96. The van der Waals surface area contributed by atoms with Gasteiger partial charge >= 0.3 is 0 Å². The molecule has 2 N–H and O–H groups in total. The molecule has 4 aromatic rings. The minimum absolute atomic E-state index is 0.207. The van der Waals surface area contributed by atoms with Crippen molar-refractivity contribution in [2.75, 3.05) is 0 Å². The van der Waals surface area contributed by atoms with Gasteiger partial charge in [-0.05, 0) is 42.0 Å². The highest BCUT2D eigenvalue weighted by Gasteiger charge is 2.21. The SMILES string of the molecule is Brc1ccc(-c2nnc(C(NCc3ccccc3)c3ccc[nH]3)o2)cc1. The quantitative estimate of drug-likeness (QED) is 0.484. The highest BCUT2D eigenvalue weighted by Crippen LogP contribution is 2.25. The number of halogens is 1. The second-order valence-corrected chi connectivity index (χ2v) is 6.79. The number of H-pyrrole nitrogens is 1. The number of aromatic amines is 1. The molecule has 0 fully saturated rings. The molecular formula is C20H17BrN4O. The van der Waals surface area contributed by atoms with Crippen molar-refractivity contribution in [3.05, 3.63) is 94.5 Å². The minimum atomic E-state index is -0.207. The Morgan fingerprint density at radius 3 is 2.50 bits per heavy atom. The first kappa shape index (κ1) is 16.8. The molecule has 1 unspecified atom stereocenters. The van der Waals surface area contributed by atoms with Gasteiger partial charge in [0.15, 0.2) is 0 Å². The van der Waals surface area contributed by atoms with Gasteiger partial charge in [-0.15, -0.1) is 10.2 Å². The number of rotatable bonds is 6. The van der Waals surface area contributed by atoms with Gasteiger partial charge in [-0.25, -0.2) is 0 Å². The summed E-state index contributed by atoms with van der Waals surface area (Å²) in [4.78, 5) is 3.23. The normalized spacial score (nSPS) is 12.2. The van der Waals surface area contributed by atoms with E-state index in [2.05, 4.69) is 48.6 Å². The largest absolute Gasteiger partial charge is 0.419 e. The maximum Gasteiger partial charge on any atom is 0.247 e. The van der Waals surface area contributed by atoms with Crippen LogP contribution in [0.2, 0.25) is 0 Å². The molecular weight excluding hydrogens is 392 g/mol. The topological polar surface area (TPSA) is 66.7 Å². The summed E-state index contributed by atoms with van der Waals surface area (Å²) in [6, 6.07) is 21.8. The van der Waals surface area contributed by atoms with Crippen molar-refractivity contribution in [3.63, 3.8) is 0 Å². The summed E-state index contributed by atoms with van der Waals surface area (Å²) in [6.07, 6.45) is 1.89. The molecule has 0 amide bonds. The summed E-state index contributed by atoms with van der Waals surface area (Å²) >= 11 is 3.43. The Bertz CT molecular complexity index is 949. The summed E-state index contributed by atoms with van der Waals surface area (Å²) in [5.41, 5.74) is 3.06. The lowest BCUT2D eigenvalue weighted by molar-refractivity contribution is 0.434. The molecule has 2 aromatic carbocycles. The molecule has 0 aliphatic carbocycles. The zero-order chi connectivity index (χ0) is 17.8. The van der Waals surface area contributed by atoms with Crippen LogP contribution in [0.1, 0.15) is 23.2 Å². The van der Waals surface area contributed by atoms with Crippen LogP contribution in [0.4, 0.5) is 0 Å². The van der Waals surface area contributed by atoms with Crippen LogP contribution < -0.4 is 5.32 Å². The Labute approximate surface area is 159 Å². The van der Waals surface area contributed by atoms with Crippen molar-refractivity contribution in [1.29, 1.82) is 0 Å². The smallest absolute Gasteiger partial charge is 0.247 e. The predicted molar refractivity (Wildman–Crippen MR) is 103 cm³/mol. The Kier molecular flexibility index (Phi) is 4.95. The third kappa shape index (κ3) is 3.76. The van der Waals surface area contributed by atoms with Gasteiger partial charge in [0.1, 0.15) is 6.04 Å². The number of aromatic nitrogens is 3. The molecule has 26 heavy (non-hydrogen) atoms. The van der Waals surface area contributed by atoms with E-state index in [1.807, 2.05) is 60.8 Å². The second kappa shape index (κ2) is 7.68. The van der Waals surface area contributed by atoms with Crippen molar-refractivity contribution < 1.29 is 4.42 Å². The third-order valence-corrected chi connectivity index (χ3v) is 4.59. The van der Waals surface area contributed by atoms with E-state index in [1.54, 1.807) is 0 Å². The maximum atomic E-state index is 5.96. The van der Waals surface area contributed by atoms with Gasteiger partial charge in [0.2, 0.25) is 11.8 Å². The summed E-state index contributed by atoms with van der Waals surface area (Å²) in [5.74, 6) is 1.03. The fourth-order valence-corrected chi connectivity index (χ4v) is 2.99. The van der Waals surface area contributed by atoms with Crippen LogP contribution in [0, 0.1) is 0 Å². The van der Waals surface area contributed by atoms with Gasteiger partial charge in [0.05, 0.1) is 0 Å². The number of nitrogens with one attached hydrogen (secondary N) is 2. The van der Waals surface area contributed by atoms with Crippen molar-refractivity contribution in [3.8, 4) is 11.5 Å². The van der Waals surface area contributed by atoms with Gasteiger partial charge in [0, 0.05) is 28.5 Å². The lowest BCUT2D eigenvalue weighted by atomic mass is 10.1. The molecule has 0 spiro atoms. The highest BCUT2D eigenvalue weighted by atomic mass is 79.9. The van der Waals surface area contributed by atoms with Gasteiger partial charge in [0.25, 0.3) is 0 Å². The van der Waals surface area contributed by atoms with Crippen LogP contribution in [0.3, 0.4) is 0 Å². The van der Waals surface area contributed by atoms with E-state index in [1.165, 1.54) is 5.56 Å². The number of hydrogen-bond donors (Lipinski definition) is 2. The van der Waals surface area contributed by atoms with Crippen molar-refractivity contribution >= 4 is 15.9 Å². The monoisotopic (exact) mass is 408 g/mol. The molecule has 1 atom stereocenters. The number of benzene rings is 2.